The minimum atomic E-state index is 0.418. The lowest BCUT2D eigenvalue weighted by Gasteiger charge is -2.22. The molecule has 3 fully saturated rings. The molecule has 1 aliphatic carbocycles. The van der Waals surface area contributed by atoms with Crippen LogP contribution in [0.3, 0.4) is 0 Å². The maximum Gasteiger partial charge on any atom is 0.222 e. The molecule has 1 atom stereocenters. The Balaban J connectivity index is 1.57. The van der Waals surface area contributed by atoms with Crippen LogP contribution >= 0.6 is 0 Å². The van der Waals surface area contributed by atoms with Crippen molar-refractivity contribution in [3.05, 3.63) is 0 Å². The van der Waals surface area contributed by atoms with Crippen molar-refractivity contribution in [2.45, 2.75) is 32.1 Å². The number of rotatable bonds is 2. The van der Waals surface area contributed by atoms with Crippen molar-refractivity contribution >= 4 is 5.91 Å². The maximum absolute atomic E-state index is 11.9. The predicted molar refractivity (Wildman–Crippen MR) is 58.5 cm³/mol. The van der Waals surface area contributed by atoms with Crippen LogP contribution in [0.1, 0.15) is 32.1 Å². The monoisotopic (exact) mass is 208 g/mol. The molecule has 1 N–H and O–H groups in total. The normalized spacial score (nSPS) is 35.3. The van der Waals surface area contributed by atoms with E-state index in [0.717, 1.165) is 38.5 Å². The molecule has 84 valence electrons. The lowest BCUT2D eigenvalue weighted by Crippen LogP contribution is -2.33. The molecule has 3 heteroatoms. The van der Waals surface area contributed by atoms with E-state index in [2.05, 4.69) is 10.2 Å². The molecule has 3 nitrogen and oxygen atoms in total. The highest BCUT2D eigenvalue weighted by Gasteiger charge is 2.42. The third-order valence-corrected chi connectivity index (χ3v) is 4.28. The van der Waals surface area contributed by atoms with Crippen molar-refractivity contribution < 1.29 is 4.79 Å². The fourth-order valence-electron chi connectivity index (χ4n) is 2.99. The molecule has 0 aromatic carbocycles. The summed E-state index contributed by atoms with van der Waals surface area (Å²) in [5.41, 5.74) is 0.444. The largest absolute Gasteiger partial charge is 0.342 e. The predicted octanol–water partition coefficient (Wildman–Crippen LogP) is 0.998. The third kappa shape index (κ3) is 1.89. The molecule has 1 amide bonds. The van der Waals surface area contributed by atoms with E-state index in [4.69, 9.17) is 0 Å². The lowest BCUT2D eigenvalue weighted by atomic mass is 9.86. The molecule has 1 unspecified atom stereocenters. The van der Waals surface area contributed by atoms with Gasteiger partial charge in [-0.1, -0.05) is 0 Å². The van der Waals surface area contributed by atoms with Gasteiger partial charge in [-0.15, -0.1) is 0 Å². The van der Waals surface area contributed by atoms with Gasteiger partial charge in [0.25, 0.3) is 0 Å². The van der Waals surface area contributed by atoms with Gasteiger partial charge in [-0.3, -0.25) is 4.79 Å². The number of nitrogens with zero attached hydrogens (tertiary/aromatic N) is 1. The number of carbonyl (C=O) groups is 1. The highest BCUT2D eigenvalue weighted by atomic mass is 16.2. The van der Waals surface area contributed by atoms with Gasteiger partial charge in [-0.2, -0.15) is 0 Å². The minimum Gasteiger partial charge on any atom is -0.342 e. The Morgan fingerprint density at radius 3 is 2.93 bits per heavy atom. The van der Waals surface area contributed by atoms with E-state index in [1.165, 1.54) is 25.7 Å². The van der Waals surface area contributed by atoms with Crippen LogP contribution in [-0.4, -0.2) is 37.0 Å². The van der Waals surface area contributed by atoms with Crippen molar-refractivity contribution in [3.8, 4) is 0 Å². The topological polar surface area (TPSA) is 32.3 Å². The fourth-order valence-corrected chi connectivity index (χ4v) is 2.99. The first-order valence-corrected chi connectivity index (χ1v) is 6.26. The van der Waals surface area contributed by atoms with Crippen LogP contribution in [0.2, 0.25) is 0 Å². The second kappa shape index (κ2) is 3.48. The second-order valence-electron chi connectivity index (χ2n) is 5.64. The summed E-state index contributed by atoms with van der Waals surface area (Å²) in [6.07, 6.45) is 5.87. The molecule has 0 aromatic rings. The first-order valence-electron chi connectivity index (χ1n) is 6.26. The van der Waals surface area contributed by atoms with Crippen molar-refractivity contribution in [1.82, 2.24) is 10.2 Å². The van der Waals surface area contributed by atoms with Crippen molar-refractivity contribution in [3.63, 3.8) is 0 Å². The third-order valence-electron chi connectivity index (χ3n) is 4.28. The van der Waals surface area contributed by atoms with Gasteiger partial charge in [-0.05, 0) is 38.1 Å². The van der Waals surface area contributed by atoms with E-state index in [-0.39, 0.29) is 0 Å². The van der Waals surface area contributed by atoms with E-state index in [9.17, 15) is 4.79 Å². The number of carbonyl (C=O) groups excluding carboxylic acids is 1. The molecule has 3 aliphatic rings. The average molecular weight is 208 g/mol. The molecule has 0 radical (unpaired) electrons. The summed E-state index contributed by atoms with van der Waals surface area (Å²) < 4.78 is 0. The van der Waals surface area contributed by atoms with Crippen LogP contribution in [0.15, 0.2) is 0 Å². The Bertz CT molecular complexity index is 267. The van der Waals surface area contributed by atoms with Gasteiger partial charge in [0.1, 0.15) is 0 Å². The summed E-state index contributed by atoms with van der Waals surface area (Å²) in [6.45, 7) is 4.30. The number of amides is 1. The van der Waals surface area contributed by atoms with E-state index >= 15 is 0 Å². The van der Waals surface area contributed by atoms with Gasteiger partial charge in [-0.25, -0.2) is 0 Å². The van der Waals surface area contributed by atoms with Gasteiger partial charge in [0.05, 0.1) is 0 Å². The van der Waals surface area contributed by atoms with Crippen molar-refractivity contribution in [2.75, 3.05) is 26.2 Å². The van der Waals surface area contributed by atoms with E-state index in [1.807, 2.05) is 0 Å². The number of nitrogens with one attached hydrogen (secondary N) is 1. The highest BCUT2D eigenvalue weighted by Crippen LogP contribution is 2.38. The molecule has 2 saturated heterocycles. The second-order valence-corrected chi connectivity index (χ2v) is 5.64. The van der Waals surface area contributed by atoms with Crippen molar-refractivity contribution in [1.29, 1.82) is 0 Å². The maximum atomic E-state index is 11.9. The van der Waals surface area contributed by atoms with Crippen LogP contribution in [0.5, 0.6) is 0 Å². The standard InChI is InChI=1S/C12H20N2O/c15-11(7-10-1-2-10)14-6-4-12(9-14)3-5-13-8-12/h10,13H,1-9H2. The lowest BCUT2D eigenvalue weighted by molar-refractivity contribution is -0.130. The van der Waals surface area contributed by atoms with Crippen molar-refractivity contribution in [2.24, 2.45) is 11.3 Å². The first kappa shape index (κ1) is 9.64. The van der Waals surface area contributed by atoms with Crippen LogP contribution < -0.4 is 5.32 Å². The highest BCUT2D eigenvalue weighted by molar-refractivity contribution is 5.77. The summed E-state index contributed by atoms with van der Waals surface area (Å²) in [5, 5.41) is 3.43. The molecule has 0 bridgehead atoms. The Kier molecular flexibility index (Phi) is 2.23. The summed E-state index contributed by atoms with van der Waals surface area (Å²) in [4.78, 5) is 14.1. The van der Waals surface area contributed by atoms with Crippen LogP contribution in [0.4, 0.5) is 0 Å². The number of likely N-dealkylation sites (tertiary alicyclic amines) is 1. The minimum absolute atomic E-state index is 0.418. The molecule has 0 aromatic heterocycles. The zero-order valence-corrected chi connectivity index (χ0v) is 9.30. The van der Waals surface area contributed by atoms with Gasteiger partial charge < -0.3 is 10.2 Å². The average Bonchev–Trinajstić information content (AvgIpc) is 2.81. The smallest absolute Gasteiger partial charge is 0.222 e. The Labute approximate surface area is 91.2 Å². The fraction of sp³-hybridized carbons (Fsp3) is 0.917. The first-order chi connectivity index (χ1) is 7.27. The number of hydrogen-bond donors (Lipinski definition) is 1. The SMILES string of the molecule is O=C(CC1CC1)N1CCC2(CCNC2)C1. The van der Waals surface area contributed by atoms with Gasteiger partial charge in [0.2, 0.25) is 5.91 Å². The summed E-state index contributed by atoms with van der Waals surface area (Å²) >= 11 is 0. The van der Waals surface area contributed by atoms with E-state index < -0.39 is 0 Å². The number of hydrogen-bond acceptors (Lipinski definition) is 2. The van der Waals surface area contributed by atoms with Crippen LogP contribution in [0, 0.1) is 11.3 Å². The molecule has 15 heavy (non-hydrogen) atoms. The van der Waals surface area contributed by atoms with Crippen LogP contribution in [0.25, 0.3) is 0 Å². The molecular formula is C12H20N2O. The summed E-state index contributed by atoms with van der Waals surface area (Å²) in [6, 6.07) is 0. The molecular weight excluding hydrogens is 188 g/mol. The molecule has 1 spiro atoms. The van der Waals surface area contributed by atoms with E-state index in [0.29, 0.717) is 11.3 Å². The molecule has 2 heterocycles. The summed E-state index contributed by atoms with van der Waals surface area (Å²) in [7, 11) is 0. The Morgan fingerprint density at radius 2 is 2.27 bits per heavy atom. The van der Waals surface area contributed by atoms with Gasteiger partial charge in [0.15, 0.2) is 0 Å². The van der Waals surface area contributed by atoms with E-state index in [1.54, 1.807) is 0 Å². The molecule has 1 saturated carbocycles. The van der Waals surface area contributed by atoms with Gasteiger partial charge in [0, 0.05) is 31.5 Å². The zero-order chi connectivity index (χ0) is 10.3. The Morgan fingerprint density at radius 1 is 1.40 bits per heavy atom. The van der Waals surface area contributed by atoms with Crippen LogP contribution in [-0.2, 0) is 4.79 Å². The quantitative estimate of drug-likeness (QED) is 0.734. The summed E-state index contributed by atoms with van der Waals surface area (Å²) in [5.74, 6) is 1.15. The Hall–Kier alpha value is -0.570. The van der Waals surface area contributed by atoms with Gasteiger partial charge >= 0.3 is 0 Å². The molecule has 3 rings (SSSR count). The molecule has 2 aliphatic heterocycles. The zero-order valence-electron chi connectivity index (χ0n) is 9.30.